The van der Waals surface area contributed by atoms with Crippen LogP contribution in [0.4, 0.5) is 17.2 Å². The molecule has 3 aromatic rings. The Kier molecular flexibility index (Phi) is 8.18. The quantitative estimate of drug-likeness (QED) is 0.338. The van der Waals surface area contributed by atoms with Crippen molar-refractivity contribution in [2.24, 2.45) is 0 Å². The van der Waals surface area contributed by atoms with E-state index in [-0.39, 0.29) is 11.9 Å². The summed E-state index contributed by atoms with van der Waals surface area (Å²) in [6, 6.07) is 8.33. The number of anilines is 3. The van der Waals surface area contributed by atoms with Gasteiger partial charge in [0.05, 0.1) is 26.0 Å². The van der Waals surface area contributed by atoms with E-state index in [1.807, 2.05) is 21.7 Å². The highest BCUT2D eigenvalue weighted by Gasteiger charge is 2.21. The second-order valence-corrected chi connectivity index (χ2v) is 9.52. The average molecular weight is 519 g/mol. The first-order valence-electron chi connectivity index (χ1n) is 13.2. The van der Waals surface area contributed by atoms with E-state index in [1.165, 1.54) is 12.8 Å². The largest absolute Gasteiger partial charge is 0.469 e. The number of nitrogens with zero attached hydrogens (tertiary/aromatic N) is 5. The summed E-state index contributed by atoms with van der Waals surface area (Å²) in [7, 11) is 1.38. The van der Waals surface area contributed by atoms with Crippen molar-refractivity contribution >= 4 is 40.3 Å². The maximum Gasteiger partial charge on any atom is 0.305 e. The molecule has 4 heterocycles. The van der Waals surface area contributed by atoms with Gasteiger partial charge in [0.1, 0.15) is 0 Å². The number of methoxy groups -OCH3 is 1. The zero-order valence-corrected chi connectivity index (χ0v) is 21.8. The fourth-order valence-corrected chi connectivity index (χ4v) is 4.83. The molecule has 1 aromatic carbocycles. The van der Waals surface area contributed by atoms with Gasteiger partial charge in [-0.05, 0) is 49.1 Å². The molecule has 1 saturated heterocycles. The van der Waals surface area contributed by atoms with Crippen molar-refractivity contribution in [3.8, 4) is 0 Å². The summed E-state index contributed by atoms with van der Waals surface area (Å²) in [6.07, 6.45) is 10.6. The van der Waals surface area contributed by atoms with Gasteiger partial charge in [0.15, 0.2) is 11.5 Å². The molecule has 0 atom stereocenters. The van der Waals surface area contributed by atoms with Crippen LogP contribution in [0.2, 0.25) is 0 Å². The molecule has 0 saturated carbocycles. The van der Waals surface area contributed by atoms with Crippen LogP contribution in [0, 0.1) is 0 Å². The highest BCUT2D eigenvalue weighted by Crippen LogP contribution is 2.27. The number of carbonyl (C=O) groups is 2. The summed E-state index contributed by atoms with van der Waals surface area (Å²) in [4.78, 5) is 37.8. The van der Waals surface area contributed by atoms with Crippen molar-refractivity contribution in [1.82, 2.24) is 19.3 Å². The second-order valence-electron chi connectivity index (χ2n) is 9.52. The molecule has 0 bridgehead atoms. The van der Waals surface area contributed by atoms with Gasteiger partial charge >= 0.3 is 5.97 Å². The van der Waals surface area contributed by atoms with Crippen LogP contribution in [-0.4, -0.2) is 77.6 Å². The summed E-state index contributed by atoms with van der Waals surface area (Å²) in [5, 5.41) is 3.44. The number of morpholine rings is 1. The number of hydrogen-bond donors (Lipinski definition) is 1. The molecule has 2 aromatic heterocycles. The molecule has 2 aliphatic rings. The summed E-state index contributed by atoms with van der Waals surface area (Å²) < 4.78 is 12.1. The molecule has 5 rings (SSSR count). The van der Waals surface area contributed by atoms with Crippen LogP contribution < -0.4 is 10.2 Å². The highest BCUT2D eigenvalue weighted by atomic mass is 16.5. The minimum atomic E-state index is -0.237. The zero-order valence-electron chi connectivity index (χ0n) is 21.8. The van der Waals surface area contributed by atoms with Crippen LogP contribution in [0.15, 0.2) is 48.9 Å². The molecule has 1 amide bonds. The van der Waals surface area contributed by atoms with Gasteiger partial charge in [-0.2, -0.15) is 0 Å². The monoisotopic (exact) mass is 518 g/mol. The van der Waals surface area contributed by atoms with Crippen LogP contribution >= 0.6 is 0 Å². The Balaban J connectivity index is 1.27. The summed E-state index contributed by atoms with van der Waals surface area (Å²) in [5.74, 6) is 0.528. The lowest BCUT2D eigenvalue weighted by molar-refractivity contribution is -0.141. The van der Waals surface area contributed by atoms with Crippen LogP contribution in [0.3, 0.4) is 0 Å². The van der Waals surface area contributed by atoms with Gasteiger partial charge in [0.2, 0.25) is 5.91 Å². The Labute approximate surface area is 222 Å². The SMILES string of the molecule is COC(=O)CCCCC(=O)N1CCC=C(c2cn3ccnc3c(Nc3ccc(N4CCOCC4)cc3)n2)C1. The van der Waals surface area contributed by atoms with Gasteiger partial charge in [-0.3, -0.25) is 9.59 Å². The molecule has 2 aliphatic heterocycles. The number of nitrogens with one attached hydrogen (secondary N) is 1. The van der Waals surface area contributed by atoms with Crippen molar-refractivity contribution < 1.29 is 19.1 Å². The van der Waals surface area contributed by atoms with Crippen molar-refractivity contribution in [1.29, 1.82) is 0 Å². The number of ether oxygens (including phenoxy) is 2. The third kappa shape index (κ3) is 6.13. The van der Waals surface area contributed by atoms with Gasteiger partial charge in [-0.1, -0.05) is 6.08 Å². The van der Waals surface area contributed by atoms with Crippen LogP contribution in [0.25, 0.3) is 11.2 Å². The Morgan fingerprint density at radius 3 is 2.66 bits per heavy atom. The third-order valence-corrected chi connectivity index (χ3v) is 6.96. The van der Waals surface area contributed by atoms with E-state index in [0.717, 1.165) is 55.3 Å². The molecule has 200 valence electrons. The van der Waals surface area contributed by atoms with Crippen LogP contribution in [0.5, 0.6) is 0 Å². The number of fused-ring (bicyclic) bond motifs is 1. The molecule has 0 unspecified atom stereocenters. The Hall–Kier alpha value is -3.92. The Bertz CT molecular complexity index is 1300. The predicted octanol–water partition coefficient (Wildman–Crippen LogP) is 3.66. The molecule has 0 radical (unpaired) electrons. The number of amides is 1. The van der Waals surface area contributed by atoms with Crippen molar-refractivity contribution in [2.75, 3.05) is 56.7 Å². The average Bonchev–Trinajstić information content (AvgIpc) is 3.45. The smallest absolute Gasteiger partial charge is 0.305 e. The van der Waals surface area contributed by atoms with Gasteiger partial charge in [0.25, 0.3) is 0 Å². The topological polar surface area (TPSA) is 101 Å². The molecular formula is C28H34N6O4. The number of benzene rings is 1. The molecule has 0 aliphatic carbocycles. The lowest BCUT2D eigenvalue weighted by atomic mass is 10.1. The number of unbranched alkanes of at least 4 members (excludes halogenated alkanes) is 1. The van der Waals surface area contributed by atoms with E-state index in [2.05, 4.69) is 50.3 Å². The van der Waals surface area contributed by atoms with Crippen molar-refractivity contribution in [3.05, 3.63) is 54.6 Å². The maximum atomic E-state index is 12.8. The zero-order chi connectivity index (χ0) is 26.3. The number of carbonyl (C=O) groups excluding carboxylic acids is 2. The lowest BCUT2D eigenvalue weighted by Crippen LogP contribution is -2.36. The standard InChI is InChI=1S/C28H34N6O4/c1-37-26(36)7-3-2-6-25(35)33-13-4-5-21(19-33)24-20-34-14-12-29-28(34)27(31-24)30-22-8-10-23(11-9-22)32-15-17-38-18-16-32/h5,8-12,14,20H,2-4,6-7,13,15-19H2,1H3,(H,30,31). The number of aromatic nitrogens is 3. The van der Waals surface area contributed by atoms with E-state index >= 15 is 0 Å². The van der Waals surface area contributed by atoms with Gasteiger partial charge < -0.3 is 29.0 Å². The first kappa shape index (κ1) is 25.7. The van der Waals surface area contributed by atoms with E-state index in [4.69, 9.17) is 9.72 Å². The molecule has 38 heavy (non-hydrogen) atoms. The van der Waals surface area contributed by atoms with Crippen molar-refractivity contribution in [2.45, 2.75) is 32.1 Å². The van der Waals surface area contributed by atoms with E-state index in [0.29, 0.717) is 44.6 Å². The molecule has 0 spiro atoms. The fraction of sp³-hybridized carbons (Fsp3) is 0.429. The maximum absolute atomic E-state index is 12.8. The van der Waals surface area contributed by atoms with Crippen LogP contribution in [0.1, 0.15) is 37.8 Å². The minimum Gasteiger partial charge on any atom is -0.469 e. The highest BCUT2D eigenvalue weighted by molar-refractivity contribution is 5.81. The van der Waals surface area contributed by atoms with Gasteiger partial charge in [0, 0.05) is 69.0 Å². The summed E-state index contributed by atoms with van der Waals surface area (Å²) >= 11 is 0. The van der Waals surface area contributed by atoms with E-state index in [1.54, 1.807) is 6.20 Å². The van der Waals surface area contributed by atoms with E-state index in [9.17, 15) is 9.59 Å². The van der Waals surface area contributed by atoms with Crippen LogP contribution in [-0.2, 0) is 19.1 Å². The van der Waals surface area contributed by atoms with Crippen molar-refractivity contribution in [3.63, 3.8) is 0 Å². The lowest BCUT2D eigenvalue weighted by Gasteiger charge is -2.29. The third-order valence-electron chi connectivity index (χ3n) is 6.96. The normalized spacial score (nSPS) is 15.9. The predicted molar refractivity (Wildman–Crippen MR) is 145 cm³/mol. The Morgan fingerprint density at radius 2 is 1.87 bits per heavy atom. The first-order chi connectivity index (χ1) is 18.6. The fourth-order valence-electron chi connectivity index (χ4n) is 4.83. The molecule has 1 N–H and O–H groups in total. The molecule has 10 nitrogen and oxygen atoms in total. The van der Waals surface area contributed by atoms with Gasteiger partial charge in [-0.15, -0.1) is 0 Å². The number of imidazole rings is 1. The second kappa shape index (κ2) is 12.1. The minimum absolute atomic E-state index is 0.0999. The first-order valence-corrected chi connectivity index (χ1v) is 13.2. The molecule has 10 heteroatoms. The number of esters is 1. The molecule has 1 fully saturated rings. The Morgan fingerprint density at radius 1 is 1.08 bits per heavy atom. The van der Waals surface area contributed by atoms with E-state index < -0.39 is 0 Å². The summed E-state index contributed by atoms with van der Waals surface area (Å²) in [6.45, 7) is 4.50. The molecular weight excluding hydrogens is 484 g/mol. The van der Waals surface area contributed by atoms with Gasteiger partial charge in [-0.25, -0.2) is 9.97 Å². The summed E-state index contributed by atoms with van der Waals surface area (Å²) in [5.41, 5.74) is 4.67. The number of hydrogen-bond acceptors (Lipinski definition) is 8. The number of rotatable bonds is 9.